The van der Waals surface area contributed by atoms with Crippen LogP contribution in [0.5, 0.6) is 5.75 Å². The van der Waals surface area contributed by atoms with E-state index in [0.29, 0.717) is 17.7 Å². The van der Waals surface area contributed by atoms with Crippen molar-refractivity contribution in [3.63, 3.8) is 0 Å². The van der Waals surface area contributed by atoms with Crippen molar-refractivity contribution in [2.45, 2.75) is 78.6 Å². The number of amides is 1. The minimum Gasteiger partial charge on any atom is -0.492 e. The van der Waals surface area contributed by atoms with Gasteiger partial charge in [-0.1, -0.05) is 45.4 Å². The lowest BCUT2D eigenvalue weighted by molar-refractivity contribution is -0.135. The molecule has 2 heterocycles. The highest BCUT2D eigenvalue weighted by Crippen LogP contribution is 2.40. The minimum atomic E-state index is 0.0662. The Morgan fingerprint density at radius 1 is 1.06 bits per heavy atom. The van der Waals surface area contributed by atoms with Crippen LogP contribution in [0.25, 0.3) is 0 Å². The maximum atomic E-state index is 12.8. The molecule has 1 spiro atoms. The summed E-state index contributed by atoms with van der Waals surface area (Å²) >= 11 is 0. The van der Waals surface area contributed by atoms with Crippen LogP contribution in [-0.2, 0) is 11.2 Å². The molecular formula is C28H44N2O2. The highest BCUT2D eigenvalue weighted by Gasteiger charge is 2.38. The number of para-hydroxylation sites is 1. The lowest BCUT2D eigenvalue weighted by atomic mass is 9.73. The van der Waals surface area contributed by atoms with Crippen molar-refractivity contribution in [3.05, 3.63) is 29.8 Å². The highest BCUT2D eigenvalue weighted by molar-refractivity contribution is 5.76. The van der Waals surface area contributed by atoms with Crippen LogP contribution in [0, 0.1) is 16.7 Å². The van der Waals surface area contributed by atoms with Crippen molar-refractivity contribution < 1.29 is 9.53 Å². The molecule has 0 unspecified atom stereocenters. The lowest BCUT2D eigenvalue weighted by Gasteiger charge is -2.45. The molecule has 1 saturated carbocycles. The summed E-state index contributed by atoms with van der Waals surface area (Å²) in [4.78, 5) is 17.7. The number of carbonyl (C=O) groups is 1. The highest BCUT2D eigenvalue weighted by atomic mass is 16.5. The number of benzene rings is 1. The molecule has 1 aromatic carbocycles. The number of rotatable bonds is 3. The third-order valence-electron chi connectivity index (χ3n) is 7.67. The number of aryl methyl sites for hydroxylation is 1. The van der Waals surface area contributed by atoms with Crippen LogP contribution in [-0.4, -0.2) is 55.0 Å². The largest absolute Gasteiger partial charge is 0.492 e. The molecule has 1 amide bonds. The van der Waals surface area contributed by atoms with E-state index >= 15 is 0 Å². The lowest BCUT2D eigenvalue weighted by Crippen LogP contribution is -2.49. The molecule has 32 heavy (non-hydrogen) atoms. The molecule has 0 atom stereocenters. The fourth-order valence-corrected chi connectivity index (χ4v) is 5.61. The number of likely N-dealkylation sites (tertiary alicyclic amines) is 1. The Hall–Kier alpha value is -1.55. The van der Waals surface area contributed by atoms with E-state index in [1.54, 1.807) is 0 Å². The third-order valence-corrected chi connectivity index (χ3v) is 7.67. The summed E-state index contributed by atoms with van der Waals surface area (Å²) in [5, 5.41) is 0. The molecule has 0 aromatic heterocycles. The van der Waals surface area contributed by atoms with E-state index in [4.69, 9.17) is 4.74 Å². The van der Waals surface area contributed by atoms with Crippen LogP contribution >= 0.6 is 0 Å². The van der Waals surface area contributed by atoms with E-state index in [2.05, 4.69) is 54.8 Å². The molecule has 0 bridgehead atoms. The van der Waals surface area contributed by atoms with E-state index in [1.807, 2.05) is 0 Å². The number of hydrogen-bond donors (Lipinski definition) is 0. The zero-order valence-corrected chi connectivity index (χ0v) is 20.7. The Balaban J connectivity index is 1.43. The zero-order valence-electron chi connectivity index (χ0n) is 20.7. The number of piperidine rings is 1. The summed E-state index contributed by atoms with van der Waals surface area (Å²) in [6.07, 6.45) is 10.6. The average molecular weight is 441 g/mol. The SMILES string of the molecule is CC(C)(C)CC(=O)N1CCC2(CCCCc3ccccc3OCCN(CC3CC3)C2)CC1. The van der Waals surface area contributed by atoms with Gasteiger partial charge >= 0.3 is 0 Å². The van der Waals surface area contributed by atoms with Gasteiger partial charge < -0.3 is 9.64 Å². The zero-order chi connectivity index (χ0) is 22.6. The van der Waals surface area contributed by atoms with Crippen LogP contribution in [0.2, 0.25) is 0 Å². The molecule has 4 nitrogen and oxygen atoms in total. The number of ether oxygens (including phenoxy) is 1. The van der Waals surface area contributed by atoms with E-state index in [9.17, 15) is 4.79 Å². The second-order valence-electron chi connectivity index (χ2n) is 12.0. The number of fused-ring (bicyclic) bond motifs is 1. The molecule has 0 radical (unpaired) electrons. The van der Waals surface area contributed by atoms with Crippen molar-refractivity contribution in [2.24, 2.45) is 16.7 Å². The summed E-state index contributed by atoms with van der Waals surface area (Å²) in [6, 6.07) is 8.60. The van der Waals surface area contributed by atoms with Crippen molar-refractivity contribution in [2.75, 3.05) is 39.3 Å². The molecule has 4 rings (SSSR count). The molecule has 2 fully saturated rings. The second kappa shape index (κ2) is 10.2. The van der Waals surface area contributed by atoms with Gasteiger partial charge in [-0.2, -0.15) is 0 Å². The maximum Gasteiger partial charge on any atom is 0.223 e. The summed E-state index contributed by atoms with van der Waals surface area (Å²) in [5.41, 5.74) is 1.78. The first-order valence-corrected chi connectivity index (χ1v) is 13.0. The Labute approximate surface area is 195 Å². The smallest absolute Gasteiger partial charge is 0.223 e. The first kappa shape index (κ1) is 23.6. The van der Waals surface area contributed by atoms with Gasteiger partial charge in [0.2, 0.25) is 5.91 Å². The van der Waals surface area contributed by atoms with E-state index < -0.39 is 0 Å². The van der Waals surface area contributed by atoms with Gasteiger partial charge in [-0.15, -0.1) is 0 Å². The van der Waals surface area contributed by atoms with Crippen molar-refractivity contribution in [1.29, 1.82) is 0 Å². The van der Waals surface area contributed by atoms with Gasteiger partial charge in [0.05, 0.1) is 0 Å². The van der Waals surface area contributed by atoms with Crippen molar-refractivity contribution >= 4 is 5.91 Å². The monoisotopic (exact) mass is 440 g/mol. The third kappa shape index (κ3) is 6.73. The van der Waals surface area contributed by atoms with E-state index in [0.717, 1.165) is 57.2 Å². The summed E-state index contributed by atoms with van der Waals surface area (Å²) in [6.45, 7) is 12.6. The predicted octanol–water partition coefficient (Wildman–Crippen LogP) is 5.55. The summed E-state index contributed by atoms with van der Waals surface area (Å²) in [5.74, 6) is 2.32. The number of carbonyl (C=O) groups excluding carboxylic acids is 1. The molecular weight excluding hydrogens is 396 g/mol. The molecule has 3 aliphatic rings. The summed E-state index contributed by atoms with van der Waals surface area (Å²) in [7, 11) is 0. The van der Waals surface area contributed by atoms with Gasteiger partial charge in [-0.3, -0.25) is 9.69 Å². The van der Waals surface area contributed by atoms with Gasteiger partial charge in [0.15, 0.2) is 0 Å². The Bertz CT molecular complexity index is 757. The Kier molecular flexibility index (Phi) is 7.49. The average Bonchev–Trinajstić information content (AvgIpc) is 3.54. The first-order chi connectivity index (χ1) is 15.3. The maximum absolute atomic E-state index is 12.8. The number of hydrogen-bond acceptors (Lipinski definition) is 3. The van der Waals surface area contributed by atoms with Crippen LogP contribution in [0.15, 0.2) is 24.3 Å². The molecule has 1 aromatic rings. The fourth-order valence-electron chi connectivity index (χ4n) is 5.61. The quantitative estimate of drug-likeness (QED) is 0.618. The number of nitrogens with zero attached hydrogens (tertiary/aromatic N) is 2. The van der Waals surface area contributed by atoms with Crippen LogP contribution in [0.3, 0.4) is 0 Å². The van der Waals surface area contributed by atoms with Gasteiger partial charge in [0.1, 0.15) is 12.4 Å². The molecule has 4 heteroatoms. The Morgan fingerprint density at radius 2 is 1.81 bits per heavy atom. The molecule has 2 aliphatic heterocycles. The van der Waals surface area contributed by atoms with Crippen LogP contribution in [0.4, 0.5) is 0 Å². The normalized spacial score (nSPS) is 23.0. The predicted molar refractivity (Wildman–Crippen MR) is 131 cm³/mol. The standard InChI is InChI=1S/C28H44N2O2/c1-27(2,3)20-26(31)30-16-14-28(15-17-30)13-7-6-9-24-8-4-5-10-25(24)32-19-18-29(22-28)21-23-11-12-23/h4-5,8,10,23H,6-7,9,11-22H2,1-3H3. The van der Waals surface area contributed by atoms with Gasteiger partial charge in [-0.05, 0) is 73.3 Å². The van der Waals surface area contributed by atoms with Crippen LogP contribution < -0.4 is 4.74 Å². The van der Waals surface area contributed by atoms with E-state index in [-0.39, 0.29) is 5.41 Å². The molecule has 1 saturated heterocycles. The van der Waals surface area contributed by atoms with Gasteiger partial charge in [-0.25, -0.2) is 0 Å². The van der Waals surface area contributed by atoms with Crippen molar-refractivity contribution in [1.82, 2.24) is 9.80 Å². The second-order valence-corrected chi connectivity index (χ2v) is 12.0. The topological polar surface area (TPSA) is 32.8 Å². The Morgan fingerprint density at radius 3 is 2.53 bits per heavy atom. The minimum absolute atomic E-state index is 0.0662. The molecule has 0 N–H and O–H groups in total. The summed E-state index contributed by atoms with van der Waals surface area (Å²) < 4.78 is 6.27. The van der Waals surface area contributed by atoms with E-state index in [1.165, 1.54) is 50.8 Å². The van der Waals surface area contributed by atoms with Crippen LogP contribution in [0.1, 0.15) is 77.7 Å². The van der Waals surface area contributed by atoms with Gasteiger partial charge in [0.25, 0.3) is 0 Å². The molecule has 1 aliphatic carbocycles. The first-order valence-electron chi connectivity index (χ1n) is 13.0. The molecule has 178 valence electrons. The van der Waals surface area contributed by atoms with Gasteiger partial charge in [0, 0.05) is 39.1 Å². The van der Waals surface area contributed by atoms with Crippen molar-refractivity contribution in [3.8, 4) is 5.75 Å². The fraction of sp³-hybridized carbons (Fsp3) is 0.750.